The Morgan fingerprint density at radius 3 is 2.71 bits per heavy atom. The van der Waals surface area contributed by atoms with Crippen LogP contribution in [0.25, 0.3) is 0 Å². The van der Waals surface area contributed by atoms with Gasteiger partial charge in [-0.1, -0.05) is 12.1 Å². The van der Waals surface area contributed by atoms with Crippen LogP contribution in [0.15, 0.2) is 41.8 Å². The number of esters is 1. The fraction of sp³-hybridized carbons (Fsp3) is 0.188. The topological polar surface area (TPSA) is 93.7 Å². The van der Waals surface area contributed by atoms with Gasteiger partial charge in [0.25, 0.3) is 11.8 Å². The smallest absolute Gasteiger partial charge is 0.325 e. The molecule has 0 saturated heterocycles. The number of rotatable bonds is 7. The predicted molar refractivity (Wildman–Crippen MR) is 89.2 cm³/mol. The Balaban J connectivity index is 1.71. The summed E-state index contributed by atoms with van der Waals surface area (Å²) in [6.45, 7) is -0.742. The maximum absolute atomic E-state index is 11.7. The van der Waals surface area contributed by atoms with Crippen LogP contribution in [0.4, 0.5) is 5.69 Å². The summed E-state index contributed by atoms with van der Waals surface area (Å²) in [6.07, 6.45) is 0. The molecule has 0 unspecified atom stereocenters. The zero-order valence-electron chi connectivity index (χ0n) is 12.9. The molecule has 0 aliphatic heterocycles. The van der Waals surface area contributed by atoms with Crippen molar-refractivity contribution >= 4 is 34.8 Å². The fourth-order valence-electron chi connectivity index (χ4n) is 1.74. The number of thiophene rings is 1. The lowest BCUT2D eigenvalue weighted by atomic mass is 10.3. The number of benzene rings is 1. The third-order valence-corrected chi connectivity index (χ3v) is 3.72. The molecule has 24 heavy (non-hydrogen) atoms. The van der Waals surface area contributed by atoms with Gasteiger partial charge in [0, 0.05) is 11.8 Å². The van der Waals surface area contributed by atoms with Crippen molar-refractivity contribution in [3.63, 3.8) is 0 Å². The van der Waals surface area contributed by atoms with Crippen molar-refractivity contribution in [2.45, 2.75) is 0 Å². The van der Waals surface area contributed by atoms with E-state index in [0.717, 1.165) is 0 Å². The van der Waals surface area contributed by atoms with E-state index in [1.807, 2.05) is 0 Å². The van der Waals surface area contributed by atoms with E-state index >= 15 is 0 Å². The average molecular weight is 348 g/mol. The van der Waals surface area contributed by atoms with Crippen LogP contribution in [-0.2, 0) is 14.3 Å². The summed E-state index contributed by atoms with van der Waals surface area (Å²) in [5.41, 5.74) is 0.529. The second kappa shape index (κ2) is 8.68. The lowest BCUT2D eigenvalue weighted by molar-refractivity contribution is -0.146. The van der Waals surface area contributed by atoms with Gasteiger partial charge in [0.15, 0.2) is 6.61 Å². The number of ether oxygens (including phenoxy) is 2. The molecule has 0 saturated carbocycles. The second-order valence-electron chi connectivity index (χ2n) is 4.60. The number of amides is 2. The van der Waals surface area contributed by atoms with Gasteiger partial charge in [-0.25, -0.2) is 0 Å². The van der Waals surface area contributed by atoms with Crippen LogP contribution in [0.5, 0.6) is 5.75 Å². The van der Waals surface area contributed by atoms with Crippen LogP contribution in [0, 0.1) is 0 Å². The minimum absolute atomic E-state index is 0.302. The molecule has 7 nitrogen and oxygen atoms in total. The zero-order chi connectivity index (χ0) is 17.4. The first-order chi connectivity index (χ1) is 11.6. The first-order valence-electron chi connectivity index (χ1n) is 6.99. The fourth-order valence-corrected chi connectivity index (χ4v) is 2.38. The predicted octanol–water partition coefficient (Wildman–Crippen LogP) is 1.67. The van der Waals surface area contributed by atoms with E-state index in [0.29, 0.717) is 16.3 Å². The van der Waals surface area contributed by atoms with Crippen molar-refractivity contribution in [3.8, 4) is 5.75 Å². The van der Waals surface area contributed by atoms with E-state index in [4.69, 9.17) is 9.47 Å². The Morgan fingerprint density at radius 1 is 1.17 bits per heavy atom. The molecule has 2 rings (SSSR count). The van der Waals surface area contributed by atoms with E-state index in [2.05, 4.69) is 10.6 Å². The zero-order valence-corrected chi connectivity index (χ0v) is 13.7. The monoisotopic (exact) mass is 348 g/mol. The van der Waals surface area contributed by atoms with E-state index in [1.54, 1.807) is 41.8 Å². The maximum Gasteiger partial charge on any atom is 0.325 e. The number of carbonyl (C=O) groups excluding carboxylic acids is 3. The number of anilines is 1. The van der Waals surface area contributed by atoms with Gasteiger partial charge in [0.05, 0.1) is 12.0 Å². The van der Waals surface area contributed by atoms with Gasteiger partial charge in [-0.2, -0.15) is 0 Å². The molecule has 2 aromatic rings. The van der Waals surface area contributed by atoms with E-state index in [-0.39, 0.29) is 12.5 Å². The summed E-state index contributed by atoms with van der Waals surface area (Å²) in [5.74, 6) is -0.939. The Hall–Kier alpha value is -2.87. The molecule has 0 bridgehead atoms. The van der Waals surface area contributed by atoms with E-state index in [9.17, 15) is 14.4 Å². The highest BCUT2D eigenvalue weighted by Crippen LogP contribution is 2.16. The molecule has 0 fully saturated rings. The summed E-state index contributed by atoms with van der Waals surface area (Å²) in [7, 11) is 1.52. The Bertz CT molecular complexity index is 715. The standard InChI is InChI=1S/C16H16N2O5S/c1-22-12-5-2-4-11(8-12)18-14(19)10-23-15(20)9-17-16(21)13-6-3-7-24-13/h2-8H,9-10H2,1H3,(H,17,21)(H,18,19). The third kappa shape index (κ3) is 5.40. The highest BCUT2D eigenvalue weighted by Gasteiger charge is 2.11. The molecule has 1 heterocycles. The van der Waals surface area contributed by atoms with Crippen molar-refractivity contribution in [3.05, 3.63) is 46.7 Å². The summed E-state index contributed by atoms with van der Waals surface area (Å²) in [6, 6.07) is 10.2. The van der Waals surface area contributed by atoms with Gasteiger partial charge in [-0.3, -0.25) is 14.4 Å². The maximum atomic E-state index is 11.7. The molecule has 0 aliphatic carbocycles. The average Bonchev–Trinajstić information content (AvgIpc) is 3.12. The molecule has 0 radical (unpaired) electrons. The number of carbonyl (C=O) groups is 3. The Kier molecular flexibility index (Phi) is 6.32. The van der Waals surface area contributed by atoms with Gasteiger partial charge in [0.2, 0.25) is 0 Å². The molecule has 8 heteroatoms. The second-order valence-corrected chi connectivity index (χ2v) is 5.55. The summed E-state index contributed by atoms with van der Waals surface area (Å²) in [4.78, 5) is 35.4. The Morgan fingerprint density at radius 2 is 2.00 bits per heavy atom. The number of hydrogen-bond acceptors (Lipinski definition) is 6. The quantitative estimate of drug-likeness (QED) is 0.743. The summed E-state index contributed by atoms with van der Waals surface area (Å²) < 4.78 is 9.85. The van der Waals surface area contributed by atoms with Gasteiger partial charge in [0.1, 0.15) is 12.3 Å². The largest absolute Gasteiger partial charge is 0.497 e. The Labute approximate surface area is 142 Å². The molecule has 1 aromatic carbocycles. The lowest BCUT2D eigenvalue weighted by Gasteiger charge is -2.08. The summed E-state index contributed by atoms with van der Waals surface area (Å²) in [5, 5.41) is 6.76. The van der Waals surface area contributed by atoms with E-state index < -0.39 is 18.5 Å². The van der Waals surface area contributed by atoms with Crippen molar-refractivity contribution in [1.29, 1.82) is 0 Å². The molecule has 0 atom stereocenters. The first-order valence-corrected chi connectivity index (χ1v) is 7.87. The highest BCUT2D eigenvalue weighted by molar-refractivity contribution is 7.12. The van der Waals surface area contributed by atoms with Crippen molar-refractivity contribution in [1.82, 2.24) is 5.32 Å². The molecular formula is C16H16N2O5S. The molecule has 2 N–H and O–H groups in total. The van der Waals surface area contributed by atoms with Crippen LogP contribution in [0.3, 0.4) is 0 Å². The van der Waals surface area contributed by atoms with Crippen molar-refractivity contribution in [2.75, 3.05) is 25.6 Å². The number of nitrogens with one attached hydrogen (secondary N) is 2. The van der Waals surface area contributed by atoms with Gasteiger partial charge in [-0.15, -0.1) is 11.3 Å². The molecule has 1 aromatic heterocycles. The van der Waals surface area contributed by atoms with Crippen molar-refractivity contribution < 1.29 is 23.9 Å². The minimum Gasteiger partial charge on any atom is -0.497 e. The van der Waals surface area contributed by atoms with Crippen LogP contribution in [0.1, 0.15) is 9.67 Å². The number of methoxy groups -OCH3 is 1. The molecule has 2 amide bonds. The van der Waals surface area contributed by atoms with Crippen molar-refractivity contribution in [2.24, 2.45) is 0 Å². The number of hydrogen-bond donors (Lipinski definition) is 2. The van der Waals surface area contributed by atoms with Crippen LogP contribution in [-0.4, -0.2) is 38.0 Å². The molecular weight excluding hydrogens is 332 g/mol. The van der Waals surface area contributed by atoms with Gasteiger partial charge in [-0.05, 0) is 23.6 Å². The van der Waals surface area contributed by atoms with Crippen LogP contribution >= 0.6 is 11.3 Å². The normalized spacial score (nSPS) is 9.88. The molecule has 0 aliphatic rings. The van der Waals surface area contributed by atoms with E-state index in [1.165, 1.54) is 18.4 Å². The highest BCUT2D eigenvalue weighted by atomic mass is 32.1. The third-order valence-electron chi connectivity index (χ3n) is 2.86. The first kappa shape index (κ1) is 17.5. The SMILES string of the molecule is COc1cccc(NC(=O)COC(=O)CNC(=O)c2cccs2)c1. The van der Waals surface area contributed by atoms with Gasteiger partial charge >= 0.3 is 5.97 Å². The van der Waals surface area contributed by atoms with Gasteiger partial charge < -0.3 is 20.1 Å². The van der Waals surface area contributed by atoms with Crippen LogP contribution < -0.4 is 15.4 Å². The molecule has 126 valence electrons. The lowest BCUT2D eigenvalue weighted by Crippen LogP contribution is -2.31. The van der Waals surface area contributed by atoms with Crippen LogP contribution in [0.2, 0.25) is 0 Å². The summed E-state index contributed by atoms with van der Waals surface area (Å²) >= 11 is 1.27. The minimum atomic E-state index is -0.694. The molecule has 0 spiro atoms.